The van der Waals surface area contributed by atoms with Crippen LogP contribution in [0.2, 0.25) is 0 Å². The quantitative estimate of drug-likeness (QED) is 0.355. The molecular formula is C25H26N2O4S2. The fourth-order valence-corrected chi connectivity index (χ4v) is 4.48. The molecule has 0 unspecified atom stereocenters. The number of esters is 1. The lowest BCUT2D eigenvalue weighted by atomic mass is 9.87. The average Bonchev–Trinajstić information content (AvgIpc) is 3.04. The Bertz CT molecular complexity index is 1100. The molecule has 1 aliphatic heterocycles. The number of benzene rings is 2. The van der Waals surface area contributed by atoms with Crippen molar-refractivity contribution >= 4 is 57.8 Å². The van der Waals surface area contributed by atoms with Gasteiger partial charge in [0.05, 0.1) is 17.6 Å². The second-order valence-corrected chi connectivity index (χ2v) is 10.2. The fourth-order valence-electron chi connectivity index (χ4n) is 3.17. The molecule has 0 aromatic heterocycles. The van der Waals surface area contributed by atoms with E-state index >= 15 is 0 Å². The van der Waals surface area contributed by atoms with Crippen LogP contribution in [0.4, 0.5) is 5.69 Å². The van der Waals surface area contributed by atoms with Gasteiger partial charge in [0.1, 0.15) is 4.32 Å². The van der Waals surface area contributed by atoms with Crippen molar-refractivity contribution in [1.82, 2.24) is 4.90 Å². The number of amides is 2. The van der Waals surface area contributed by atoms with Crippen LogP contribution in [0.5, 0.6) is 0 Å². The van der Waals surface area contributed by atoms with Crippen LogP contribution in [0.1, 0.15) is 48.7 Å². The summed E-state index contributed by atoms with van der Waals surface area (Å²) in [4.78, 5) is 38.6. The van der Waals surface area contributed by atoms with Gasteiger partial charge in [0.25, 0.3) is 5.91 Å². The third-order valence-electron chi connectivity index (χ3n) is 5.10. The second kappa shape index (κ2) is 10.3. The van der Waals surface area contributed by atoms with Crippen LogP contribution < -0.4 is 5.32 Å². The minimum atomic E-state index is -0.444. The molecule has 33 heavy (non-hydrogen) atoms. The zero-order valence-corrected chi connectivity index (χ0v) is 20.6. The van der Waals surface area contributed by atoms with Gasteiger partial charge in [0, 0.05) is 18.7 Å². The smallest absolute Gasteiger partial charge is 0.337 e. The normalized spacial score (nSPS) is 15.2. The largest absolute Gasteiger partial charge is 0.465 e. The Hall–Kier alpha value is -2.97. The van der Waals surface area contributed by atoms with E-state index in [4.69, 9.17) is 12.2 Å². The minimum Gasteiger partial charge on any atom is -0.465 e. The van der Waals surface area contributed by atoms with Crippen LogP contribution in [-0.2, 0) is 19.7 Å². The number of thiocarbonyl (C=S) groups is 1. The van der Waals surface area contributed by atoms with Crippen LogP contribution in [0, 0.1) is 0 Å². The summed E-state index contributed by atoms with van der Waals surface area (Å²) in [6, 6.07) is 14.5. The van der Waals surface area contributed by atoms with Crippen LogP contribution in [0.15, 0.2) is 53.4 Å². The van der Waals surface area contributed by atoms with Crippen molar-refractivity contribution < 1.29 is 19.1 Å². The van der Waals surface area contributed by atoms with Gasteiger partial charge in [0.15, 0.2) is 0 Å². The monoisotopic (exact) mass is 482 g/mol. The van der Waals surface area contributed by atoms with E-state index in [2.05, 4.69) is 43.0 Å². The Kier molecular flexibility index (Phi) is 7.71. The van der Waals surface area contributed by atoms with Gasteiger partial charge in [-0.1, -0.05) is 69.0 Å². The van der Waals surface area contributed by atoms with Gasteiger partial charge in [0.2, 0.25) is 5.91 Å². The lowest BCUT2D eigenvalue weighted by molar-refractivity contribution is -0.122. The minimum absolute atomic E-state index is 0.0614. The van der Waals surface area contributed by atoms with E-state index in [-0.39, 0.29) is 30.2 Å². The molecule has 2 aromatic rings. The second-order valence-electron chi connectivity index (χ2n) is 8.57. The van der Waals surface area contributed by atoms with Crippen LogP contribution in [-0.4, -0.2) is 40.7 Å². The van der Waals surface area contributed by atoms with Crippen molar-refractivity contribution in [2.45, 2.75) is 32.6 Å². The Morgan fingerprint density at radius 2 is 1.73 bits per heavy atom. The number of nitrogens with zero attached hydrogens (tertiary/aromatic N) is 1. The van der Waals surface area contributed by atoms with Gasteiger partial charge < -0.3 is 10.1 Å². The van der Waals surface area contributed by atoms with Crippen molar-refractivity contribution in [2.24, 2.45) is 0 Å². The van der Waals surface area contributed by atoms with Crippen LogP contribution in [0.25, 0.3) is 6.08 Å². The summed E-state index contributed by atoms with van der Waals surface area (Å²) < 4.78 is 5.09. The Labute approximate surface area is 203 Å². The van der Waals surface area contributed by atoms with Crippen molar-refractivity contribution in [1.29, 1.82) is 0 Å². The van der Waals surface area contributed by atoms with E-state index in [0.717, 1.165) is 5.56 Å². The van der Waals surface area contributed by atoms with E-state index in [1.807, 2.05) is 18.2 Å². The molecule has 172 valence electrons. The van der Waals surface area contributed by atoms with Gasteiger partial charge >= 0.3 is 5.97 Å². The molecule has 0 aliphatic carbocycles. The number of carbonyl (C=O) groups is 3. The van der Waals surface area contributed by atoms with E-state index < -0.39 is 5.97 Å². The first-order valence-corrected chi connectivity index (χ1v) is 11.6. The molecule has 1 fully saturated rings. The van der Waals surface area contributed by atoms with Crippen LogP contribution >= 0.6 is 24.0 Å². The topological polar surface area (TPSA) is 75.7 Å². The standard InChI is InChI=1S/C25H26N2O4S2/c1-25(2,3)18-9-5-16(6-10-18)15-20-22(29)27(24(32)33-20)14-13-21(28)26-19-11-7-17(8-12-19)23(30)31-4/h5-12,15H,13-14H2,1-4H3,(H,26,28). The highest BCUT2D eigenvalue weighted by molar-refractivity contribution is 8.26. The predicted octanol–water partition coefficient (Wildman–Crippen LogP) is 5.00. The third kappa shape index (κ3) is 6.30. The number of anilines is 1. The molecule has 0 spiro atoms. The van der Waals surface area contributed by atoms with E-state index in [9.17, 15) is 14.4 Å². The van der Waals surface area contributed by atoms with Crippen molar-refractivity contribution in [3.63, 3.8) is 0 Å². The zero-order valence-electron chi connectivity index (χ0n) is 19.0. The Morgan fingerprint density at radius 1 is 1.09 bits per heavy atom. The number of methoxy groups -OCH3 is 1. The van der Waals surface area contributed by atoms with Crippen LogP contribution in [0.3, 0.4) is 0 Å². The first-order chi connectivity index (χ1) is 15.6. The predicted molar refractivity (Wildman–Crippen MR) is 136 cm³/mol. The molecule has 3 rings (SSSR count). The first kappa shape index (κ1) is 24.7. The van der Waals surface area contributed by atoms with Gasteiger partial charge in [-0.25, -0.2) is 4.79 Å². The maximum absolute atomic E-state index is 12.8. The lowest BCUT2D eigenvalue weighted by Crippen LogP contribution is -2.31. The summed E-state index contributed by atoms with van der Waals surface area (Å²) in [6.45, 7) is 6.65. The number of hydrogen-bond acceptors (Lipinski definition) is 6. The maximum Gasteiger partial charge on any atom is 0.337 e. The van der Waals surface area contributed by atoms with Crippen molar-refractivity contribution in [3.05, 3.63) is 70.1 Å². The number of ether oxygens (including phenoxy) is 1. The van der Waals surface area contributed by atoms with Crippen molar-refractivity contribution in [3.8, 4) is 0 Å². The Morgan fingerprint density at radius 3 is 2.30 bits per heavy atom. The molecule has 0 atom stereocenters. The molecule has 0 saturated carbocycles. The molecule has 1 N–H and O–H groups in total. The number of nitrogens with one attached hydrogen (secondary N) is 1. The number of thioether (sulfide) groups is 1. The summed E-state index contributed by atoms with van der Waals surface area (Å²) in [6.07, 6.45) is 1.92. The van der Waals surface area contributed by atoms with Crippen molar-refractivity contribution in [2.75, 3.05) is 19.0 Å². The zero-order chi connectivity index (χ0) is 24.2. The molecule has 8 heteroatoms. The molecule has 1 aliphatic rings. The molecule has 1 heterocycles. The summed E-state index contributed by atoms with van der Waals surface area (Å²) in [7, 11) is 1.31. The molecular weight excluding hydrogens is 456 g/mol. The summed E-state index contributed by atoms with van der Waals surface area (Å²) in [5.41, 5.74) is 3.16. The molecule has 1 saturated heterocycles. The first-order valence-electron chi connectivity index (χ1n) is 10.4. The van der Waals surface area contributed by atoms with Gasteiger partial charge in [-0.2, -0.15) is 0 Å². The summed E-state index contributed by atoms with van der Waals surface area (Å²) >= 11 is 6.61. The fraction of sp³-hybridized carbons (Fsp3) is 0.280. The number of hydrogen-bond donors (Lipinski definition) is 1. The number of carbonyl (C=O) groups excluding carboxylic acids is 3. The summed E-state index contributed by atoms with van der Waals surface area (Å²) in [5.74, 6) is -0.891. The van der Waals surface area contributed by atoms with E-state index in [0.29, 0.717) is 20.5 Å². The van der Waals surface area contributed by atoms with Gasteiger partial charge in [-0.3, -0.25) is 14.5 Å². The van der Waals surface area contributed by atoms with E-state index in [1.54, 1.807) is 24.3 Å². The number of rotatable bonds is 6. The van der Waals surface area contributed by atoms with E-state index in [1.165, 1.54) is 29.3 Å². The molecule has 0 radical (unpaired) electrons. The molecule has 6 nitrogen and oxygen atoms in total. The molecule has 2 amide bonds. The van der Waals surface area contributed by atoms with Gasteiger partial charge in [-0.05, 0) is 46.9 Å². The SMILES string of the molecule is COC(=O)c1ccc(NC(=O)CCN2C(=O)C(=Cc3ccc(C(C)(C)C)cc3)SC2=S)cc1. The highest BCUT2D eigenvalue weighted by Crippen LogP contribution is 2.33. The Balaban J connectivity index is 1.58. The lowest BCUT2D eigenvalue weighted by Gasteiger charge is -2.18. The van der Waals surface area contributed by atoms with Gasteiger partial charge in [-0.15, -0.1) is 0 Å². The average molecular weight is 483 g/mol. The molecule has 2 aromatic carbocycles. The highest BCUT2D eigenvalue weighted by Gasteiger charge is 2.32. The molecule has 0 bridgehead atoms. The third-order valence-corrected chi connectivity index (χ3v) is 6.48. The summed E-state index contributed by atoms with van der Waals surface area (Å²) in [5, 5.41) is 2.75. The maximum atomic E-state index is 12.8. The highest BCUT2D eigenvalue weighted by atomic mass is 32.2.